The Bertz CT molecular complexity index is 90.5. The predicted octanol–water partition coefficient (Wildman–Crippen LogP) is -2.52. The van der Waals surface area contributed by atoms with Crippen molar-refractivity contribution < 1.29 is 36.4 Å². The molecule has 0 aliphatic rings. The molecule has 0 aromatic heterocycles. The van der Waals surface area contributed by atoms with Crippen LogP contribution >= 0.6 is 0 Å². The number of halogens is 2. The predicted molar refractivity (Wildman–Crippen MR) is 19.5 cm³/mol. The van der Waals surface area contributed by atoms with Gasteiger partial charge in [-0.2, -0.15) is 8.78 Å². The van der Waals surface area contributed by atoms with Gasteiger partial charge in [0.25, 0.3) is 0 Å². The van der Waals surface area contributed by atoms with Crippen molar-refractivity contribution in [3.63, 3.8) is 0 Å². The van der Waals surface area contributed by atoms with Crippen molar-refractivity contribution in [2.75, 3.05) is 0 Å². The molecule has 0 radical (unpaired) electrons. The summed E-state index contributed by atoms with van der Waals surface area (Å²) in [6.45, 7) is 0.316. The molecule has 2 nitrogen and oxygen atoms in total. The SMILES string of the molecule is CC(F)(F)S(=O)[O-].[Li+]. The molecule has 8 heavy (non-hydrogen) atoms. The molecule has 0 aromatic carbocycles. The molecule has 0 saturated heterocycles. The van der Waals surface area contributed by atoms with Crippen molar-refractivity contribution in [3.8, 4) is 0 Å². The molecular formula is C2H3F2LiO2S. The van der Waals surface area contributed by atoms with Crippen molar-refractivity contribution in [2.45, 2.75) is 12.2 Å². The summed E-state index contributed by atoms with van der Waals surface area (Å²) in [4.78, 5) is 0. The van der Waals surface area contributed by atoms with Crippen LogP contribution in [0.15, 0.2) is 0 Å². The average molecular weight is 136 g/mol. The molecule has 0 saturated carbocycles. The first-order chi connectivity index (χ1) is 2.94. The van der Waals surface area contributed by atoms with E-state index in [9.17, 15) is 17.5 Å². The van der Waals surface area contributed by atoms with Gasteiger partial charge < -0.3 is 4.55 Å². The minimum atomic E-state index is -3.58. The fourth-order valence-electron chi connectivity index (χ4n) is 0. The van der Waals surface area contributed by atoms with E-state index < -0.39 is 16.3 Å². The van der Waals surface area contributed by atoms with Gasteiger partial charge in [0, 0.05) is 18.0 Å². The molecule has 0 aliphatic carbocycles. The molecule has 0 aliphatic heterocycles. The number of alkyl halides is 2. The van der Waals surface area contributed by atoms with Crippen LogP contribution in [-0.4, -0.2) is 14.0 Å². The monoisotopic (exact) mass is 136 g/mol. The summed E-state index contributed by atoms with van der Waals surface area (Å²) in [6.07, 6.45) is 0. The van der Waals surface area contributed by atoms with Crippen LogP contribution in [0.25, 0.3) is 0 Å². The van der Waals surface area contributed by atoms with Crippen molar-refractivity contribution >= 4 is 11.1 Å². The fourth-order valence-corrected chi connectivity index (χ4v) is 0. The Hall–Kier alpha value is 0.567. The number of hydrogen-bond donors (Lipinski definition) is 0. The average Bonchev–Trinajstić information content (AvgIpc) is 1.31. The van der Waals surface area contributed by atoms with Gasteiger partial charge in [0.2, 0.25) is 0 Å². The van der Waals surface area contributed by atoms with Crippen LogP contribution in [0.3, 0.4) is 0 Å². The van der Waals surface area contributed by atoms with Crippen LogP contribution in [0, 0.1) is 0 Å². The summed E-state index contributed by atoms with van der Waals surface area (Å²) in [5.41, 5.74) is 0. The van der Waals surface area contributed by atoms with E-state index in [2.05, 4.69) is 0 Å². The Labute approximate surface area is 60.1 Å². The van der Waals surface area contributed by atoms with E-state index in [0.717, 1.165) is 0 Å². The normalized spacial score (nSPS) is 14.5. The quantitative estimate of drug-likeness (QED) is 0.295. The Morgan fingerprint density at radius 2 is 1.75 bits per heavy atom. The van der Waals surface area contributed by atoms with Crippen LogP contribution in [0.4, 0.5) is 8.78 Å². The Balaban J connectivity index is 0. The first kappa shape index (κ1) is 11.4. The molecule has 0 fully saturated rings. The van der Waals surface area contributed by atoms with Gasteiger partial charge in [-0.05, 0) is 0 Å². The van der Waals surface area contributed by atoms with Crippen molar-refractivity contribution in [1.82, 2.24) is 0 Å². The smallest absolute Gasteiger partial charge is 0.768 e. The zero-order chi connectivity index (χ0) is 6.08. The summed E-state index contributed by atoms with van der Waals surface area (Å²) in [7, 11) is 0. The molecular weight excluding hydrogens is 133 g/mol. The van der Waals surface area contributed by atoms with Crippen LogP contribution in [-0.2, 0) is 11.1 Å². The van der Waals surface area contributed by atoms with Crippen molar-refractivity contribution in [1.29, 1.82) is 0 Å². The van der Waals surface area contributed by atoms with Crippen molar-refractivity contribution in [3.05, 3.63) is 0 Å². The second kappa shape index (κ2) is 3.57. The Morgan fingerprint density at radius 1 is 1.62 bits per heavy atom. The van der Waals surface area contributed by atoms with E-state index in [1.165, 1.54) is 0 Å². The van der Waals surface area contributed by atoms with Gasteiger partial charge >= 0.3 is 24.1 Å². The first-order valence-electron chi connectivity index (χ1n) is 1.42. The van der Waals surface area contributed by atoms with Gasteiger partial charge in [-0.15, -0.1) is 0 Å². The summed E-state index contributed by atoms with van der Waals surface area (Å²) in [6, 6.07) is 0. The van der Waals surface area contributed by atoms with E-state index in [1.807, 2.05) is 0 Å². The maximum Gasteiger partial charge on any atom is 1.00 e. The van der Waals surface area contributed by atoms with Gasteiger partial charge in [0.1, 0.15) is 0 Å². The second-order valence-electron chi connectivity index (χ2n) is 1.04. The molecule has 0 heterocycles. The van der Waals surface area contributed by atoms with E-state index in [1.54, 1.807) is 0 Å². The molecule has 0 spiro atoms. The van der Waals surface area contributed by atoms with Gasteiger partial charge in [-0.1, -0.05) is 0 Å². The molecule has 0 rings (SSSR count). The summed E-state index contributed by atoms with van der Waals surface area (Å²) < 4.78 is 41.0. The first-order valence-corrected chi connectivity index (χ1v) is 2.49. The van der Waals surface area contributed by atoms with Gasteiger partial charge in [0.05, 0.1) is 0 Å². The number of rotatable bonds is 1. The fraction of sp³-hybridized carbons (Fsp3) is 1.00. The van der Waals surface area contributed by atoms with Crippen molar-refractivity contribution in [2.24, 2.45) is 0 Å². The minimum Gasteiger partial charge on any atom is -0.768 e. The third-order valence-corrected chi connectivity index (χ3v) is 0.878. The molecule has 1 atom stereocenters. The topological polar surface area (TPSA) is 40.1 Å². The molecule has 0 amide bonds. The summed E-state index contributed by atoms with van der Waals surface area (Å²) in [5, 5.41) is -3.58. The molecule has 6 heteroatoms. The molecule has 44 valence electrons. The van der Waals surface area contributed by atoms with Crippen LogP contribution < -0.4 is 18.9 Å². The van der Waals surface area contributed by atoms with E-state index in [-0.39, 0.29) is 18.9 Å². The zero-order valence-corrected chi connectivity index (χ0v) is 5.30. The Morgan fingerprint density at radius 3 is 1.75 bits per heavy atom. The maximum atomic E-state index is 11.2. The third kappa shape index (κ3) is 4.72. The minimum absolute atomic E-state index is 0. The summed E-state index contributed by atoms with van der Waals surface area (Å²) >= 11 is -3.27. The number of hydrogen-bond acceptors (Lipinski definition) is 2. The summed E-state index contributed by atoms with van der Waals surface area (Å²) in [5.74, 6) is 0. The van der Waals surface area contributed by atoms with Crippen LogP contribution in [0.1, 0.15) is 6.92 Å². The van der Waals surface area contributed by atoms with Gasteiger partial charge in [0.15, 0.2) is 0 Å². The molecule has 0 N–H and O–H groups in total. The van der Waals surface area contributed by atoms with E-state index in [0.29, 0.717) is 6.92 Å². The van der Waals surface area contributed by atoms with Crippen LogP contribution in [0.5, 0.6) is 0 Å². The molecule has 1 unspecified atom stereocenters. The molecule has 0 bridgehead atoms. The largest absolute Gasteiger partial charge is 1.00 e. The van der Waals surface area contributed by atoms with Gasteiger partial charge in [-0.25, -0.2) is 0 Å². The van der Waals surface area contributed by atoms with E-state index in [4.69, 9.17) is 0 Å². The zero-order valence-electron chi connectivity index (χ0n) is 4.48. The molecule has 0 aromatic rings. The third-order valence-electron chi connectivity index (χ3n) is 0.293. The van der Waals surface area contributed by atoms with E-state index >= 15 is 0 Å². The second-order valence-corrected chi connectivity index (χ2v) is 2.23. The standard InChI is InChI=1S/C2H4F2O2S.Li/c1-2(3,4)7(5)6;/h1H3,(H,5,6);/q;+1/p-1. The Kier molecular flexibility index (Phi) is 5.07. The van der Waals surface area contributed by atoms with Crippen LogP contribution in [0.2, 0.25) is 0 Å². The van der Waals surface area contributed by atoms with Gasteiger partial charge in [-0.3, -0.25) is 4.21 Å². The maximum absolute atomic E-state index is 11.2.